The maximum Gasteiger partial charge on any atom is 0.137 e. The summed E-state index contributed by atoms with van der Waals surface area (Å²) < 4.78 is 3.58. The van der Waals surface area contributed by atoms with Gasteiger partial charge in [0.05, 0.1) is 8.95 Å². The van der Waals surface area contributed by atoms with Gasteiger partial charge in [0.25, 0.3) is 0 Å². The SMILES string of the molecule is Cc1c(Br)ccc2c(C)c(Br)ccc12.Oc1c(Br)ccc2c(O)c(Br)ccc12.Oc1cccc2c(O)cccc12. The highest BCUT2D eigenvalue weighted by molar-refractivity contribution is 9.11. The van der Waals surface area contributed by atoms with Crippen molar-refractivity contribution in [3.63, 3.8) is 0 Å². The van der Waals surface area contributed by atoms with Crippen molar-refractivity contribution in [3.05, 3.63) is 114 Å². The number of phenolic OH excluding ortho intramolecular Hbond substituents is 4. The molecule has 0 unspecified atom stereocenters. The molecule has 0 fully saturated rings. The Hall–Kier alpha value is -2.78. The summed E-state index contributed by atoms with van der Waals surface area (Å²) in [4.78, 5) is 0. The maximum absolute atomic E-state index is 9.70. The van der Waals surface area contributed by atoms with E-state index in [0.29, 0.717) is 30.5 Å². The molecule has 0 aliphatic carbocycles. The van der Waals surface area contributed by atoms with Crippen LogP contribution >= 0.6 is 63.7 Å². The number of rotatable bonds is 0. The van der Waals surface area contributed by atoms with Gasteiger partial charge in [-0.3, -0.25) is 0 Å². The zero-order chi connectivity index (χ0) is 29.1. The molecule has 6 aromatic rings. The number of aryl methyl sites for hydroxylation is 2. The molecule has 8 heteroatoms. The van der Waals surface area contributed by atoms with Crippen LogP contribution in [0.3, 0.4) is 0 Å². The van der Waals surface area contributed by atoms with Gasteiger partial charge in [0.2, 0.25) is 0 Å². The highest BCUT2D eigenvalue weighted by Crippen LogP contribution is 2.39. The fraction of sp³-hybridized carbons (Fsp3) is 0.0625. The molecule has 6 rings (SSSR count). The van der Waals surface area contributed by atoms with Crippen LogP contribution in [0.25, 0.3) is 32.3 Å². The second-order valence-corrected chi connectivity index (χ2v) is 12.4. The Morgan fingerprint density at radius 3 is 1.07 bits per heavy atom. The molecule has 0 heterocycles. The van der Waals surface area contributed by atoms with E-state index in [0.717, 1.165) is 0 Å². The standard InChI is InChI=1S/C12H10Br2.C10H6Br2O2.C10H8O2/c1-7-9-3-6-12(14)8(2)10(9)4-5-11(7)13;11-7-3-1-5-6(10(7)14)2-4-8(12)9(5)13;11-9-5-1-3-7-8(9)4-2-6-10(7)12/h3-6H,1-2H3;1-4,13-14H;1-6,11-12H. The van der Waals surface area contributed by atoms with E-state index in [1.165, 1.54) is 30.8 Å². The quantitative estimate of drug-likeness (QED) is 0.124. The van der Waals surface area contributed by atoms with Crippen LogP contribution in [0, 0.1) is 13.8 Å². The van der Waals surface area contributed by atoms with Crippen molar-refractivity contribution in [2.24, 2.45) is 0 Å². The summed E-state index contributed by atoms with van der Waals surface area (Å²) in [6.07, 6.45) is 0. The summed E-state index contributed by atoms with van der Waals surface area (Å²) in [5.74, 6) is 0.683. The summed E-state index contributed by atoms with van der Waals surface area (Å²) in [5, 5.41) is 43.4. The number of benzene rings is 6. The minimum absolute atomic E-state index is 0.144. The van der Waals surface area contributed by atoms with Crippen LogP contribution in [0.1, 0.15) is 11.1 Å². The van der Waals surface area contributed by atoms with Gasteiger partial charge in [0.15, 0.2) is 0 Å². The van der Waals surface area contributed by atoms with E-state index in [4.69, 9.17) is 0 Å². The Bertz CT molecular complexity index is 1640. The fourth-order valence-electron chi connectivity index (χ4n) is 4.25. The van der Waals surface area contributed by atoms with Crippen LogP contribution in [0.2, 0.25) is 0 Å². The van der Waals surface area contributed by atoms with Crippen molar-refractivity contribution in [1.29, 1.82) is 0 Å². The first-order chi connectivity index (χ1) is 19.0. The van der Waals surface area contributed by atoms with Gasteiger partial charge in [-0.15, -0.1) is 0 Å². The van der Waals surface area contributed by atoms with Crippen molar-refractivity contribution >= 4 is 96.0 Å². The normalized spacial score (nSPS) is 10.7. The molecule has 0 saturated heterocycles. The first-order valence-corrected chi connectivity index (χ1v) is 15.2. The predicted octanol–water partition coefficient (Wildman–Crippen LogP) is 11.0. The average Bonchev–Trinajstić information content (AvgIpc) is 2.94. The van der Waals surface area contributed by atoms with E-state index < -0.39 is 0 Å². The lowest BCUT2D eigenvalue weighted by atomic mass is 10.0. The van der Waals surface area contributed by atoms with Crippen LogP contribution < -0.4 is 0 Å². The van der Waals surface area contributed by atoms with E-state index >= 15 is 0 Å². The molecule has 0 aliphatic heterocycles. The van der Waals surface area contributed by atoms with Crippen molar-refractivity contribution in [1.82, 2.24) is 0 Å². The molecule has 0 radical (unpaired) electrons. The molecule has 0 amide bonds. The van der Waals surface area contributed by atoms with Crippen molar-refractivity contribution in [2.75, 3.05) is 0 Å². The molecule has 40 heavy (non-hydrogen) atoms. The molecular formula is C32H24Br4O4. The van der Waals surface area contributed by atoms with E-state index in [1.807, 2.05) is 0 Å². The molecule has 0 aromatic heterocycles. The lowest BCUT2D eigenvalue weighted by Crippen LogP contribution is -1.84. The highest BCUT2D eigenvalue weighted by atomic mass is 79.9. The number of halogens is 4. The van der Waals surface area contributed by atoms with Gasteiger partial charge in [-0.05, 0) is 116 Å². The molecule has 0 bridgehead atoms. The van der Waals surface area contributed by atoms with Crippen LogP contribution in [-0.4, -0.2) is 20.4 Å². The molecule has 4 nitrogen and oxygen atoms in total. The molecule has 0 spiro atoms. The largest absolute Gasteiger partial charge is 0.507 e. The second-order valence-electron chi connectivity index (χ2n) is 8.98. The Morgan fingerprint density at radius 2 is 0.700 bits per heavy atom. The Labute approximate surface area is 265 Å². The number of hydrogen-bond acceptors (Lipinski definition) is 4. The topological polar surface area (TPSA) is 80.9 Å². The number of phenols is 4. The number of hydrogen-bond donors (Lipinski definition) is 4. The van der Waals surface area contributed by atoms with Crippen LogP contribution in [0.5, 0.6) is 23.0 Å². The summed E-state index contributed by atoms with van der Waals surface area (Å²) >= 11 is 13.5. The third kappa shape index (κ3) is 6.25. The maximum atomic E-state index is 9.70. The Morgan fingerprint density at radius 1 is 0.375 bits per heavy atom. The molecule has 0 aliphatic rings. The Balaban J connectivity index is 0.000000139. The minimum atomic E-state index is 0.144. The van der Waals surface area contributed by atoms with Crippen molar-refractivity contribution in [3.8, 4) is 23.0 Å². The van der Waals surface area contributed by atoms with E-state index in [9.17, 15) is 20.4 Å². The first kappa shape index (κ1) is 30.2. The molecule has 204 valence electrons. The second kappa shape index (κ2) is 12.8. The molecule has 0 atom stereocenters. The summed E-state index contributed by atoms with van der Waals surface area (Å²) in [6.45, 7) is 4.28. The van der Waals surface area contributed by atoms with Gasteiger partial charge in [-0.25, -0.2) is 0 Å². The third-order valence-corrected chi connectivity index (χ3v) is 9.53. The van der Waals surface area contributed by atoms with Crippen LogP contribution in [0.15, 0.2) is 103 Å². The van der Waals surface area contributed by atoms with E-state index in [-0.39, 0.29) is 23.0 Å². The van der Waals surface area contributed by atoms with Gasteiger partial charge in [-0.2, -0.15) is 0 Å². The van der Waals surface area contributed by atoms with Gasteiger partial charge in [0, 0.05) is 30.5 Å². The summed E-state index contributed by atoms with van der Waals surface area (Å²) in [5.41, 5.74) is 2.61. The molecule has 4 N–H and O–H groups in total. The zero-order valence-corrected chi connectivity index (χ0v) is 27.7. The molecule has 0 saturated carbocycles. The van der Waals surface area contributed by atoms with Crippen molar-refractivity contribution in [2.45, 2.75) is 13.8 Å². The average molecular weight is 792 g/mol. The minimum Gasteiger partial charge on any atom is -0.507 e. The van der Waals surface area contributed by atoms with Gasteiger partial charge in [-0.1, -0.05) is 68.3 Å². The summed E-state index contributed by atoms with van der Waals surface area (Å²) in [6, 6.07) is 25.6. The van der Waals surface area contributed by atoms with Gasteiger partial charge in [0.1, 0.15) is 23.0 Å². The zero-order valence-electron chi connectivity index (χ0n) is 21.4. The predicted molar refractivity (Wildman–Crippen MR) is 179 cm³/mol. The molecule has 6 aromatic carbocycles. The molecular weight excluding hydrogens is 768 g/mol. The first-order valence-electron chi connectivity index (χ1n) is 12.0. The van der Waals surface area contributed by atoms with Gasteiger partial charge >= 0.3 is 0 Å². The van der Waals surface area contributed by atoms with Crippen LogP contribution in [-0.2, 0) is 0 Å². The third-order valence-electron chi connectivity index (χ3n) is 6.53. The van der Waals surface area contributed by atoms with Gasteiger partial charge < -0.3 is 20.4 Å². The highest BCUT2D eigenvalue weighted by Gasteiger charge is 2.09. The lowest BCUT2D eigenvalue weighted by molar-refractivity contribution is 0.472. The van der Waals surface area contributed by atoms with Crippen LogP contribution in [0.4, 0.5) is 0 Å². The van der Waals surface area contributed by atoms with Crippen molar-refractivity contribution < 1.29 is 20.4 Å². The monoisotopic (exact) mass is 788 g/mol. The smallest absolute Gasteiger partial charge is 0.137 e. The summed E-state index contributed by atoms with van der Waals surface area (Å²) in [7, 11) is 0. The number of fused-ring (bicyclic) bond motifs is 3. The van der Waals surface area contributed by atoms with E-state index in [2.05, 4.69) is 102 Å². The Kier molecular flexibility index (Phi) is 9.67. The lowest BCUT2D eigenvalue weighted by Gasteiger charge is -2.08. The number of aromatic hydroxyl groups is 4. The van der Waals surface area contributed by atoms with E-state index in [1.54, 1.807) is 60.7 Å². The fourth-order valence-corrected chi connectivity index (χ4v) is 5.63.